The van der Waals surface area contributed by atoms with Crippen molar-refractivity contribution in [3.05, 3.63) is 47.5 Å². The molecular formula is C19H23NO2. The van der Waals surface area contributed by atoms with E-state index >= 15 is 0 Å². The Morgan fingerprint density at radius 3 is 2.41 bits per heavy atom. The number of nitrogens with one attached hydrogen (secondary N) is 1. The number of hydrogen-bond acceptors (Lipinski definition) is 3. The molecule has 0 amide bonds. The van der Waals surface area contributed by atoms with Gasteiger partial charge in [-0.1, -0.05) is 18.2 Å². The standard InChI is InChI=1S/C19H23NO2/c1-20-17-6-4-5-13-7-8-14(11-16(13)17)15-9-10-18(21-2)19(12-15)22-3/h7-12,17,20H,4-6H2,1-3H3. The molecule has 0 saturated carbocycles. The van der Waals surface area contributed by atoms with Crippen LogP contribution >= 0.6 is 0 Å². The lowest BCUT2D eigenvalue weighted by molar-refractivity contribution is 0.355. The Hall–Kier alpha value is -2.00. The number of ether oxygens (including phenoxy) is 2. The third-order valence-corrected chi connectivity index (χ3v) is 4.53. The van der Waals surface area contributed by atoms with E-state index in [2.05, 4.69) is 29.6 Å². The maximum absolute atomic E-state index is 5.42. The summed E-state index contributed by atoms with van der Waals surface area (Å²) in [6.45, 7) is 0. The Morgan fingerprint density at radius 2 is 1.68 bits per heavy atom. The van der Waals surface area contributed by atoms with Crippen molar-refractivity contribution in [3.63, 3.8) is 0 Å². The van der Waals surface area contributed by atoms with Crippen LogP contribution in [0.3, 0.4) is 0 Å². The summed E-state index contributed by atoms with van der Waals surface area (Å²) in [5, 5.41) is 3.43. The van der Waals surface area contributed by atoms with E-state index in [-0.39, 0.29) is 0 Å². The van der Waals surface area contributed by atoms with Gasteiger partial charge in [0.25, 0.3) is 0 Å². The first-order chi connectivity index (χ1) is 10.8. The zero-order valence-electron chi connectivity index (χ0n) is 13.5. The lowest BCUT2D eigenvalue weighted by Gasteiger charge is -2.26. The third kappa shape index (κ3) is 2.69. The van der Waals surface area contributed by atoms with Crippen molar-refractivity contribution in [3.8, 4) is 22.6 Å². The first-order valence-corrected chi connectivity index (χ1v) is 7.79. The lowest BCUT2D eigenvalue weighted by atomic mass is 9.85. The van der Waals surface area contributed by atoms with E-state index in [9.17, 15) is 0 Å². The maximum Gasteiger partial charge on any atom is 0.161 e. The van der Waals surface area contributed by atoms with E-state index in [1.165, 1.54) is 36.0 Å². The molecule has 22 heavy (non-hydrogen) atoms. The summed E-state index contributed by atoms with van der Waals surface area (Å²) in [5.74, 6) is 1.53. The molecule has 0 bridgehead atoms. The minimum atomic E-state index is 0.462. The fourth-order valence-corrected chi connectivity index (χ4v) is 3.29. The Bertz CT molecular complexity index is 666. The summed E-state index contributed by atoms with van der Waals surface area (Å²) in [4.78, 5) is 0. The predicted molar refractivity (Wildman–Crippen MR) is 89.7 cm³/mol. The van der Waals surface area contributed by atoms with Crippen molar-refractivity contribution in [1.29, 1.82) is 0 Å². The molecule has 0 aromatic heterocycles. The Balaban J connectivity index is 2.02. The van der Waals surface area contributed by atoms with E-state index in [0.29, 0.717) is 6.04 Å². The van der Waals surface area contributed by atoms with Crippen LogP contribution in [0.5, 0.6) is 11.5 Å². The van der Waals surface area contributed by atoms with Gasteiger partial charge in [0.2, 0.25) is 0 Å². The molecule has 1 aliphatic carbocycles. The van der Waals surface area contributed by atoms with Gasteiger partial charge < -0.3 is 14.8 Å². The summed E-state index contributed by atoms with van der Waals surface area (Å²) < 4.78 is 10.7. The highest BCUT2D eigenvalue weighted by molar-refractivity contribution is 5.68. The average Bonchev–Trinajstić information content (AvgIpc) is 2.60. The fourth-order valence-electron chi connectivity index (χ4n) is 3.29. The molecule has 0 heterocycles. The summed E-state index contributed by atoms with van der Waals surface area (Å²) in [6, 6.07) is 13.3. The van der Waals surface area contributed by atoms with E-state index in [1.54, 1.807) is 14.2 Å². The molecular weight excluding hydrogens is 274 g/mol. The normalized spacial score (nSPS) is 17.0. The summed E-state index contributed by atoms with van der Waals surface area (Å²) >= 11 is 0. The molecule has 0 aliphatic heterocycles. The maximum atomic E-state index is 5.42. The van der Waals surface area contributed by atoms with Crippen LogP contribution in [0.15, 0.2) is 36.4 Å². The lowest BCUT2D eigenvalue weighted by Crippen LogP contribution is -2.21. The molecule has 2 aromatic carbocycles. The van der Waals surface area contributed by atoms with E-state index in [1.807, 2.05) is 19.2 Å². The molecule has 2 aromatic rings. The van der Waals surface area contributed by atoms with Gasteiger partial charge in [-0.25, -0.2) is 0 Å². The van der Waals surface area contributed by atoms with Crippen LogP contribution in [0.25, 0.3) is 11.1 Å². The van der Waals surface area contributed by atoms with Crippen LogP contribution in [-0.4, -0.2) is 21.3 Å². The Morgan fingerprint density at radius 1 is 0.955 bits per heavy atom. The molecule has 1 atom stereocenters. The molecule has 3 nitrogen and oxygen atoms in total. The number of methoxy groups -OCH3 is 2. The molecule has 1 aliphatic rings. The van der Waals surface area contributed by atoms with E-state index < -0.39 is 0 Å². The molecule has 1 unspecified atom stereocenters. The topological polar surface area (TPSA) is 30.5 Å². The molecule has 1 N–H and O–H groups in total. The minimum Gasteiger partial charge on any atom is -0.493 e. The second kappa shape index (κ2) is 6.41. The highest BCUT2D eigenvalue weighted by atomic mass is 16.5. The Kier molecular flexibility index (Phi) is 4.34. The zero-order chi connectivity index (χ0) is 15.5. The van der Waals surface area contributed by atoms with Gasteiger partial charge in [0, 0.05) is 6.04 Å². The van der Waals surface area contributed by atoms with Crippen LogP contribution in [-0.2, 0) is 6.42 Å². The van der Waals surface area contributed by atoms with Crippen molar-refractivity contribution >= 4 is 0 Å². The molecule has 3 heteroatoms. The van der Waals surface area contributed by atoms with Crippen molar-refractivity contribution in [2.75, 3.05) is 21.3 Å². The van der Waals surface area contributed by atoms with E-state index in [4.69, 9.17) is 9.47 Å². The number of benzene rings is 2. The van der Waals surface area contributed by atoms with E-state index in [0.717, 1.165) is 17.1 Å². The first-order valence-electron chi connectivity index (χ1n) is 7.79. The Labute approximate surface area is 132 Å². The van der Waals surface area contributed by atoms with Crippen LogP contribution in [0.4, 0.5) is 0 Å². The zero-order valence-corrected chi connectivity index (χ0v) is 13.5. The number of hydrogen-bond donors (Lipinski definition) is 1. The largest absolute Gasteiger partial charge is 0.493 e. The fraction of sp³-hybridized carbons (Fsp3) is 0.368. The van der Waals surface area contributed by atoms with Crippen molar-refractivity contribution < 1.29 is 9.47 Å². The molecule has 3 rings (SSSR count). The number of rotatable bonds is 4. The third-order valence-electron chi connectivity index (χ3n) is 4.53. The summed E-state index contributed by atoms with van der Waals surface area (Å²) in [7, 11) is 5.38. The SMILES string of the molecule is CNC1CCCc2ccc(-c3ccc(OC)c(OC)c3)cc21. The predicted octanol–water partition coefficient (Wildman–Crippen LogP) is 3.97. The van der Waals surface area contributed by atoms with Gasteiger partial charge in [-0.3, -0.25) is 0 Å². The second-order valence-corrected chi connectivity index (χ2v) is 5.72. The van der Waals surface area contributed by atoms with Gasteiger partial charge in [-0.15, -0.1) is 0 Å². The minimum absolute atomic E-state index is 0.462. The highest BCUT2D eigenvalue weighted by Gasteiger charge is 2.19. The smallest absolute Gasteiger partial charge is 0.161 e. The van der Waals surface area contributed by atoms with Crippen LogP contribution in [0.2, 0.25) is 0 Å². The van der Waals surface area contributed by atoms with Crippen molar-refractivity contribution in [2.24, 2.45) is 0 Å². The first kappa shape index (κ1) is 14.9. The quantitative estimate of drug-likeness (QED) is 0.926. The average molecular weight is 297 g/mol. The van der Waals surface area contributed by atoms with Gasteiger partial charge in [-0.2, -0.15) is 0 Å². The molecule has 116 valence electrons. The van der Waals surface area contributed by atoms with Crippen LogP contribution < -0.4 is 14.8 Å². The second-order valence-electron chi connectivity index (χ2n) is 5.72. The number of fused-ring (bicyclic) bond motifs is 1. The summed E-state index contributed by atoms with van der Waals surface area (Å²) in [5.41, 5.74) is 5.28. The van der Waals surface area contributed by atoms with Crippen molar-refractivity contribution in [2.45, 2.75) is 25.3 Å². The van der Waals surface area contributed by atoms with Gasteiger partial charge >= 0.3 is 0 Å². The highest BCUT2D eigenvalue weighted by Crippen LogP contribution is 2.36. The molecule has 0 radical (unpaired) electrons. The van der Waals surface area contributed by atoms with Gasteiger partial charge in [0.1, 0.15) is 0 Å². The molecule has 0 fully saturated rings. The van der Waals surface area contributed by atoms with Crippen molar-refractivity contribution in [1.82, 2.24) is 5.32 Å². The van der Waals surface area contributed by atoms with Gasteiger partial charge in [-0.05, 0) is 66.8 Å². The monoisotopic (exact) mass is 297 g/mol. The molecule has 0 saturated heterocycles. The summed E-state index contributed by atoms with van der Waals surface area (Å²) in [6.07, 6.45) is 3.65. The van der Waals surface area contributed by atoms with Gasteiger partial charge in [0.05, 0.1) is 14.2 Å². The van der Waals surface area contributed by atoms with Crippen LogP contribution in [0.1, 0.15) is 30.0 Å². The molecule has 0 spiro atoms. The number of aryl methyl sites for hydroxylation is 1. The van der Waals surface area contributed by atoms with Gasteiger partial charge in [0.15, 0.2) is 11.5 Å². The van der Waals surface area contributed by atoms with Crippen LogP contribution in [0, 0.1) is 0 Å².